The van der Waals surface area contributed by atoms with Crippen LogP contribution in [0.2, 0.25) is 5.02 Å². The molecule has 0 saturated carbocycles. The zero-order valence-corrected chi connectivity index (χ0v) is 10.2. The van der Waals surface area contributed by atoms with Crippen LogP contribution in [-0.4, -0.2) is 9.97 Å². The van der Waals surface area contributed by atoms with E-state index in [9.17, 15) is 0 Å². The maximum absolute atomic E-state index is 6.23. The Morgan fingerprint density at radius 3 is 2.53 bits per heavy atom. The van der Waals surface area contributed by atoms with Gasteiger partial charge in [-0.1, -0.05) is 27.5 Å². The van der Waals surface area contributed by atoms with E-state index < -0.39 is 0 Å². The Balaban J connectivity index is 2.54. The predicted molar refractivity (Wildman–Crippen MR) is 65.1 cm³/mol. The summed E-state index contributed by atoms with van der Waals surface area (Å²) in [5.41, 5.74) is 2.83. The molecule has 0 radical (unpaired) electrons. The highest BCUT2D eigenvalue weighted by molar-refractivity contribution is 9.08. The molecule has 0 unspecified atom stereocenters. The first-order valence-electron chi connectivity index (χ1n) is 4.42. The molecule has 0 aliphatic heterocycles. The maximum atomic E-state index is 6.23. The lowest BCUT2D eigenvalue weighted by Crippen LogP contribution is -1.89. The standard InChI is InChI=1S/C11H8BrClN2/c12-7-9-3-6-15-11(10(9)13)8-1-4-14-5-2-8/h1-6H,7H2. The Morgan fingerprint density at radius 2 is 1.87 bits per heavy atom. The highest BCUT2D eigenvalue weighted by Crippen LogP contribution is 2.29. The maximum Gasteiger partial charge on any atom is 0.0892 e. The second-order valence-electron chi connectivity index (χ2n) is 3.00. The van der Waals surface area contributed by atoms with Gasteiger partial charge in [0.2, 0.25) is 0 Å². The molecule has 0 N–H and O–H groups in total. The van der Waals surface area contributed by atoms with E-state index in [-0.39, 0.29) is 0 Å². The van der Waals surface area contributed by atoms with Gasteiger partial charge in [-0.2, -0.15) is 0 Å². The second-order valence-corrected chi connectivity index (χ2v) is 3.94. The summed E-state index contributed by atoms with van der Waals surface area (Å²) in [5.74, 6) is 0. The number of rotatable bonds is 2. The van der Waals surface area contributed by atoms with Crippen LogP contribution in [0, 0.1) is 0 Å². The molecule has 0 fully saturated rings. The average molecular weight is 284 g/mol. The summed E-state index contributed by atoms with van der Waals surface area (Å²) in [6.45, 7) is 0. The first-order valence-corrected chi connectivity index (χ1v) is 5.92. The van der Waals surface area contributed by atoms with Gasteiger partial charge in [-0.3, -0.25) is 9.97 Å². The minimum Gasteiger partial charge on any atom is -0.265 e. The Hall–Kier alpha value is -0.930. The fraction of sp³-hybridized carbons (Fsp3) is 0.0909. The van der Waals surface area contributed by atoms with Crippen LogP contribution in [0.4, 0.5) is 0 Å². The van der Waals surface area contributed by atoms with E-state index in [2.05, 4.69) is 25.9 Å². The SMILES string of the molecule is Clc1c(CBr)ccnc1-c1ccncc1. The summed E-state index contributed by atoms with van der Waals surface area (Å²) in [6, 6.07) is 5.69. The van der Waals surface area contributed by atoms with E-state index in [0.29, 0.717) is 5.02 Å². The molecule has 0 saturated heterocycles. The first kappa shape index (κ1) is 10.6. The largest absolute Gasteiger partial charge is 0.265 e. The molecule has 0 aromatic carbocycles. The smallest absolute Gasteiger partial charge is 0.0892 e. The molecule has 2 aromatic rings. The molecule has 0 aliphatic carbocycles. The van der Waals surface area contributed by atoms with Crippen molar-refractivity contribution >= 4 is 27.5 Å². The number of nitrogens with zero attached hydrogens (tertiary/aromatic N) is 2. The Labute approximate surface area is 101 Å². The molecule has 76 valence electrons. The van der Waals surface area contributed by atoms with Crippen LogP contribution in [0.25, 0.3) is 11.3 Å². The van der Waals surface area contributed by atoms with Crippen molar-refractivity contribution in [2.75, 3.05) is 0 Å². The van der Waals surface area contributed by atoms with E-state index in [1.54, 1.807) is 18.6 Å². The molecular weight excluding hydrogens is 275 g/mol. The number of halogens is 2. The van der Waals surface area contributed by atoms with Gasteiger partial charge in [0, 0.05) is 29.5 Å². The van der Waals surface area contributed by atoms with E-state index in [1.165, 1.54) is 0 Å². The van der Waals surface area contributed by atoms with Crippen LogP contribution in [0.1, 0.15) is 5.56 Å². The highest BCUT2D eigenvalue weighted by atomic mass is 79.9. The molecule has 2 rings (SSSR count). The summed E-state index contributed by atoms with van der Waals surface area (Å²) in [5, 5.41) is 1.42. The van der Waals surface area contributed by atoms with Crippen molar-refractivity contribution < 1.29 is 0 Å². The molecule has 0 amide bonds. The molecule has 0 bridgehead atoms. The van der Waals surface area contributed by atoms with Crippen molar-refractivity contribution in [3.8, 4) is 11.3 Å². The summed E-state index contributed by atoms with van der Waals surface area (Å²) in [7, 11) is 0. The minimum atomic E-state index is 0.695. The third-order valence-corrected chi connectivity index (χ3v) is 3.09. The number of pyridine rings is 2. The van der Waals surface area contributed by atoms with Gasteiger partial charge in [0.25, 0.3) is 0 Å². The number of hydrogen-bond acceptors (Lipinski definition) is 2. The van der Waals surface area contributed by atoms with Crippen LogP contribution >= 0.6 is 27.5 Å². The summed E-state index contributed by atoms with van der Waals surface area (Å²) < 4.78 is 0. The lowest BCUT2D eigenvalue weighted by atomic mass is 10.1. The zero-order chi connectivity index (χ0) is 10.7. The first-order chi connectivity index (χ1) is 7.33. The molecule has 15 heavy (non-hydrogen) atoms. The fourth-order valence-electron chi connectivity index (χ4n) is 1.30. The van der Waals surface area contributed by atoms with Crippen LogP contribution in [0.15, 0.2) is 36.8 Å². The highest BCUT2D eigenvalue weighted by Gasteiger charge is 2.08. The number of hydrogen-bond donors (Lipinski definition) is 0. The van der Waals surface area contributed by atoms with Gasteiger partial charge in [0.15, 0.2) is 0 Å². The molecule has 2 aromatic heterocycles. The molecule has 2 nitrogen and oxygen atoms in total. The quantitative estimate of drug-likeness (QED) is 0.786. The number of aromatic nitrogens is 2. The molecular formula is C11H8BrClN2. The van der Waals surface area contributed by atoms with Crippen molar-refractivity contribution in [3.63, 3.8) is 0 Å². The Bertz CT molecular complexity index is 459. The van der Waals surface area contributed by atoms with Gasteiger partial charge in [-0.05, 0) is 23.8 Å². The lowest BCUT2D eigenvalue weighted by molar-refractivity contribution is 1.26. The van der Waals surface area contributed by atoms with Gasteiger partial charge in [0.05, 0.1) is 10.7 Å². The van der Waals surface area contributed by atoms with Gasteiger partial charge in [0.1, 0.15) is 0 Å². The molecule has 2 heterocycles. The van der Waals surface area contributed by atoms with Gasteiger partial charge >= 0.3 is 0 Å². The monoisotopic (exact) mass is 282 g/mol. The molecule has 0 aliphatic rings. The van der Waals surface area contributed by atoms with Crippen molar-refractivity contribution in [3.05, 3.63) is 47.4 Å². The fourth-order valence-corrected chi connectivity index (χ4v) is 2.21. The Morgan fingerprint density at radius 1 is 1.13 bits per heavy atom. The van der Waals surface area contributed by atoms with Gasteiger partial charge in [-0.15, -0.1) is 0 Å². The van der Waals surface area contributed by atoms with E-state index >= 15 is 0 Å². The molecule has 0 atom stereocenters. The lowest BCUT2D eigenvalue weighted by Gasteiger charge is -2.06. The van der Waals surface area contributed by atoms with Crippen LogP contribution in [-0.2, 0) is 5.33 Å². The third-order valence-electron chi connectivity index (χ3n) is 2.07. The summed E-state index contributed by atoms with van der Waals surface area (Å²) in [6.07, 6.45) is 5.22. The van der Waals surface area contributed by atoms with E-state index in [0.717, 1.165) is 22.2 Å². The van der Waals surface area contributed by atoms with E-state index in [1.807, 2.05) is 18.2 Å². The van der Waals surface area contributed by atoms with Crippen molar-refractivity contribution in [2.24, 2.45) is 0 Å². The molecule has 4 heteroatoms. The zero-order valence-electron chi connectivity index (χ0n) is 7.82. The third kappa shape index (κ3) is 2.19. The van der Waals surface area contributed by atoms with Crippen LogP contribution < -0.4 is 0 Å². The summed E-state index contributed by atoms with van der Waals surface area (Å²) in [4.78, 5) is 8.24. The van der Waals surface area contributed by atoms with Gasteiger partial charge < -0.3 is 0 Å². The van der Waals surface area contributed by atoms with Crippen molar-refractivity contribution in [2.45, 2.75) is 5.33 Å². The predicted octanol–water partition coefficient (Wildman–Crippen LogP) is 3.69. The second kappa shape index (κ2) is 4.73. The number of alkyl halides is 1. The van der Waals surface area contributed by atoms with Crippen molar-refractivity contribution in [1.82, 2.24) is 9.97 Å². The van der Waals surface area contributed by atoms with Crippen molar-refractivity contribution in [1.29, 1.82) is 0 Å². The van der Waals surface area contributed by atoms with Gasteiger partial charge in [-0.25, -0.2) is 0 Å². The van der Waals surface area contributed by atoms with Crippen LogP contribution in [0.3, 0.4) is 0 Å². The summed E-state index contributed by atoms with van der Waals surface area (Å²) >= 11 is 9.62. The molecule has 0 spiro atoms. The van der Waals surface area contributed by atoms with E-state index in [4.69, 9.17) is 11.6 Å². The topological polar surface area (TPSA) is 25.8 Å². The average Bonchev–Trinajstić information content (AvgIpc) is 2.30. The normalized spacial score (nSPS) is 10.3. The minimum absolute atomic E-state index is 0.695. The Kier molecular flexibility index (Phi) is 3.34. The van der Waals surface area contributed by atoms with Crippen LogP contribution in [0.5, 0.6) is 0 Å².